The van der Waals surface area contributed by atoms with Gasteiger partial charge in [0, 0.05) is 12.1 Å². The number of aromatic nitrogens is 1. The summed E-state index contributed by atoms with van der Waals surface area (Å²) in [6.45, 7) is 0.167. The molecular weight excluding hydrogens is 251 g/mol. The predicted octanol–water partition coefficient (Wildman–Crippen LogP) is 2.32. The number of nitrogens with two attached hydrogens (primary N) is 1. The van der Waals surface area contributed by atoms with Gasteiger partial charge < -0.3 is 11.1 Å². The molecule has 2 rings (SSSR count). The Morgan fingerprint density at radius 2 is 2.11 bits per heavy atom. The highest BCUT2D eigenvalue weighted by Gasteiger charge is 2.10. The van der Waals surface area contributed by atoms with Crippen LogP contribution in [0.3, 0.4) is 0 Å². The Hall–Kier alpha value is -2.70. The summed E-state index contributed by atoms with van der Waals surface area (Å²) < 4.78 is 13.4. The molecule has 0 spiro atoms. The van der Waals surface area contributed by atoms with Gasteiger partial charge in [-0.25, -0.2) is 9.37 Å². The molecule has 0 amide bonds. The van der Waals surface area contributed by atoms with E-state index in [9.17, 15) is 14.5 Å². The zero-order chi connectivity index (χ0) is 13.8. The van der Waals surface area contributed by atoms with Gasteiger partial charge in [0.05, 0.1) is 17.1 Å². The van der Waals surface area contributed by atoms with Crippen molar-refractivity contribution in [2.45, 2.75) is 6.54 Å². The van der Waals surface area contributed by atoms with E-state index in [-0.39, 0.29) is 29.7 Å². The van der Waals surface area contributed by atoms with Crippen molar-refractivity contribution in [2.24, 2.45) is 0 Å². The summed E-state index contributed by atoms with van der Waals surface area (Å²) in [7, 11) is 0. The highest BCUT2D eigenvalue weighted by molar-refractivity contribution is 5.52. The first kappa shape index (κ1) is 12.7. The van der Waals surface area contributed by atoms with Gasteiger partial charge >= 0.3 is 0 Å². The summed E-state index contributed by atoms with van der Waals surface area (Å²) in [5.41, 5.74) is 5.74. The van der Waals surface area contributed by atoms with Crippen LogP contribution in [0.15, 0.2) is 36.4 Å². The Morgan fingerprint density at radius 1 is 1.37 bits per heavy atom. The lowest BCUT2D eigenvalue weighted by Crippen LogP contribution is -2.05. The molecule has 1 aromatic heterocycles. The number of nitrogens with one attached hydrogen (secondary N) is 1. The van der Waals surface area contributed by atoms with Gasteiger partial charge in [0.25, 0.3) is 5.69 Å². The average molecular weight is 262 g/mol. The minimum atomic E-state index is -0.563. The van der Waals surface area contributed by atoms with Gasteiger partial charge in [-0.15, -0.1) is 0 Å². The topological polar surface area (TPSA) is 94.1 Å². The molecule has 19 heavy (non-hydrogen) atoms. The summed E-state index contributed by atoms with van der Waals surface area (Å²) in [6, 6.07) is 8.65. The lowest BCUT2D eigenvalue weighted by atomic mass is 10.2. The number of nitro groups is 1. The third-order valence-electron chi connectivity index (χ3n) is 2.46. The standard InChI is InChI=1S/C12H11FN4O2/c13-10-4-2-1-3-8(10)7-15-12-6-9(17(18)19)5-11(14)16-12/h1-6H,7H2,(H3,14,15,16). The van der Waals surface area contributed by atoms with Crippen molar-refractivity contribution < 1.29 is 9.31 Å². The van der Waals surface area contributed by atoms with Crippen molar-refractivity contribution in [2.75, 3.05) is 11.1 Å². The molecule has 0 fully saturated rings. The highest BCUT2D eigenvalue weighted by atomic mass is 19.1. The molecule has 2 aromatic rings. The Bertz CT molecular complexity index is 618. The number of halogens is 1. The molecule has 98 valence electrons. The Morgan fingerprint density at radius 3 is 2.79 bits per heavy atom. The maximum absolute atomic E-state index is 13.4. The van der Waals surface area contributed by atoms with Crippen molar-refractivity contribution in [3.8, 4) is 0 Å². The fourth-order valence-corrected chi connectivity index (χ4v) is 1.56. The van der Waals surface area contributed by atoms with Gasteiger partial charge in [-0.3, -0.25) is 10.1 Å². The number of rotatable bonds is 4. The fraction of sp³-hybridized carbons (Fsp3) is 0.0833. The molecular formula is C12H11FN4O2. The van der Waals surface area contributed by atoms with E-state index in [1.54, 1.807) is 18.2 Å². The van der Waals surface area contributed by atoms with Crippen LogP contribution in [-0.4, -0.2) is 9.91 Å². The second-order valence-electron chi connectivity index (χ2n) is 3.84. The first-order chi connectivity index (χ1) is 9.06. The number of hydrogen-bond donors (Lipinski definition) is 2. The van der Waals surface area contributed by atoms with Crippen LogP contribution >= 0.6 is 0 Å². The second kappa shape index (κ2) is 5.30. The molecule has 0 saturated carbocycles. The Kier molecular flexibility index (Phi) is 3.56. The van der Waals surface area contributed by atoms with E-state index in [1.165, 1.54) is 12.1 Å². The van der Waals surface area contributed by atoms with E-state index >= 15 is 0 Å². The van der Waals surface area contributed by atoms with Crippen molar-refractivity contribution in [3.05, 3.63) is 57.9 Å². The first-order valence-corrected chi connectivity index (χ1v) is 5.45. The number of hydrogen-bond acceptors (Lipinski definition) is 5. The summed E-state index contributed by atoms with van der Waals surface area (Å²) in [5, 5.41) is 13.5. The van der Waals surface area contributed by atoms with Crippen LogP contribution in [0.1, 0.15) is 5.56 Å². The zero-order valence-corrected chi connectivity index (χ0v) is 9.84. The van der Waals surface area contributed by atoms with Crippen molar-refractivity contribution in [1.82, 2.24) is 4.98 Å². The highest BCUT2D eigenvalue weighted by Crippen LogP contribution is 2.19. The molecule has 7 heteroatoms. The molecule has 0 bridgehead atoms. The Balaban J connectivity index is 2.16. The van der Waals surface area contributed by atoms with Gasteiger partial charge in [-0.05, 0) is 6.07 Å². The largest absolute Gasteiger partial charge is 0.383 e. The molecule has 0 unspecified atom stereocenters. The Labute approximate surface area is 108 Å². The average Bonchev–Trinajstić information content (AvgIpc) is 2.37. The molecule has 0 aliphatic carbocycles. The van der Waals surface area contributed by atoms with Gasteiger partial charge in [-0.2, -0.15) is 0 Å². The van der Waals surface area contributed by atoms with Gasteiger partial charge in [-0.1, -0.05) is 18.2 Å². The van der Waals surface area contributed by atoms with Crippen LogP contribution in [0.5, 0.6) is 0 Å². The third-order valence-corrected chi connectivity index (χ3v) is 2.46. The van der Waals surface area contributed by atoms with Gasteiger partial charge in [0.2, 0.25) is 0 Å². The lowest BCUT2D eigenvalue weighted by Gasteiger charge is -2.07. The van der Waals surface area contributed by atoms with Crippen LogP contribution in [0.4, 0.5) is 21.7 Å². The smallest absolute Gasteiger partial charge is 0.276 e. The maximum atomic E-state index is 13.4. The van der Waals surface area contributed by atoms with E-state index in [2.05, 4.69) is 10.3 Å². The molecule has 0 aliphatic heterocycles. The van der Waals surface area contributed by atoms with E-state index in [4.69, 9.17) is 5.73 Å². The molecule has 0 saturated heterocycles. The van der Waals surface area contributed by atoms with Crippen LogP contribution in [0.25, 0.3) is 0 Å². The third kappa shape index (κ3) is 3.15. The number of benzene rings is 1. The minimum Gasteiger partial charge on any atom is -0.383 e. The zero-order valence-electron chi connectivity index (χ0n) is 9.84. The van der Waals surface area contributed by atoms with Crippen molar-refractivity contribution >= 4 is 17.3 Å². The molecule has 1 aromatic carbocycles. The number of pyridine rings is 1. The summed E-state index contributed by atoms with van der Waals surface area (Å²) >= 11 is 0. The van der Waals surface area contributed by atoms with Crippen LogP contribution in [-0.2, 0) is 6.54 Å². The van der Waals surface area contributed by atoms with Crippen LogP contribution in [0, 0.1) is 15.9 Å². The van der Waals surface area contributed by atoms with E-state index in [1.807, 2.05) is 0 Å². The fourth-order valence-electron chi connectivity index (χ4n) is 1.56. The van der Waals surface area contributed by atoms with E-state index in [0.29, 0.717) is 5.56 Å². The molecule has 0 atom stereocenters. The SMILES string of the molecule is Nc1cc([N+](=O)[O-])cc(NCc2ccccc2F)n1. The van der Waals surface area contributed by atoms with Crippen molar-refractivity contribution in [1.29, 1.82) is 0 Å². The van der Waals surface area contributed by atoms with E-state index in [0.717, 1.165) is 6.07 Å². The van der Waals surface area contributed by atoms with Gasteiger partial charge in [0.1, 0.15) is 17.5 Å². The molecule has 6 nitrogen and oxygen atoms in total. The quantitative estimate of drug-likeness (QED) is 0.651. The molecule has 3 N–H and O–H groups in total. The van der Waals surface area contributed by atoms with Crippen LogP contribution < -0.4 is 11.1 Å². The molecule has 1 heterocycles. The van der Waals surface area contributed by atoms with Gasteiger partial charge in [0.15, 0.2) is 0 Å². The number of anilines is 2. The monoisotopic (exact) mass is 262 g/mol. The summed E-state index contributed by atoms with van der Waals surface area (Å²) in [6.07, 6.45) is 0. The summed E-state index contributed by atoms with van der Waals surface area (Å²) in [4.78, 5) is 14.0. The minimum absolute atomic E-state index is 0.0326. The lowest BCUT2D eigenvalue weighted by molar-refractivity contribution is -0.384. The van der Waals surface area contributed by atoms with E-state index < -0.39 is 4.92 Å². The summed E-state index contributed by atoms with van der Waals surface area (Å²) in [5.74, 6) is -0.0893. The van der Waals surface area contributed by atoms with Crippen LogP contribution in [0.2, 0.25) is 0 Å². The van der Waals surface area contributed by atoms with Crippen molar-refractivity contribution in [3.63, 3.8) is 0 Å². The number of nitrogens with zero attached hydrogens (tertiary/aromatic N) is 2. The normalized spacial score (nSPS) is 10.2. The maximum Gasteiger partial charge on any atom is 0.276 e. The molecule has 0 aliphatic rings. The predicted molar refractivity (Wildman–Crippen MR) is 69.0 cm³/mol. The number of nitrogen functional groups attached to an aromatic ring is 1. The second-order valence-corrected chi connectivity index (χ2v) is 3.84. The first-order valence-electron chi connectivity index (χ1n) is 5.45. The molecule has 0 radical (unpaired) electrons.